The number of carboxylic acid groups (broad SMARTS) is 1. The van der Waals surface area contributed by atoms with Crippen LogP contribution in [0.5, 0.6) is 0 Å². The van der Waals surface area contributed by atoms with Crippen molar-refractivity contribution < 1.29 is 9.90 Å². The number of aromatic amines is 1. The minimum absolute atomic E-state index is 0.265. The first kappa shape index (κ1) is 17.3. The average molecular weight is 361 g/mol. The van der Waals surface area contributed by atoms with Crippen molar-refractivity contribution in [2.45, 2.75) is 38.1 Å². The van der Waals surface area contributed by atoms with E-state index in [1.807, 2.05) is 36.5 Å². The van der Waals surface area contributed by atoms with Gasteiger partial charge in [0.2, 0.25) is 0 Å². The van der Waals surface area contributed by atoms with Gasteiger partial charge < -0.3 is 15.4 Å². The number of H-pyrrole nitrogens is 1. The molecule has 27 heavy (non-hydrogen) atoms. The van der Waals surface area contributed by atoms with Crippen molar-refractivity contribution in [1.82, 2.24) is 9.97 Å². The Labute approximate surface area is 158 Å². The summed E-state index contributed by atoms with van der Waals surface area (Å²) in [4.78, 5) is 19.6. The Bertz CT molecular complexity index is 970. The van der Waals surface area contributed by atoms with Crippen LogP contribution in [-0.2, 0) is 4.79 Å². The van der Waals surface area contributed by atoms with Gasteiger partial charge in [0.1, 0.15) is 11.5 Å². The quantitative estimate of drug-likeness (QED) is 0.563. The molecule has 5 nitrogen and oxygen atoms in total. The number of carboxylic acids is 1. The fraction of sp³-hybridized carbons (Fsp3) is 0.273. The highest BCUT2D eigenvalue weighted by atomic mass is 16.4. The fourth-order valence-corrected chi connectivity index (χ4v) is 3.72. The Morgan fingerprint density at radius 1 is 1.11 bits per heavy atom. The molecule has 5 heteroatoms. The molecule has 0 aliphatic heterocycles. The molecular weight excluding hydrogens is 338 g/mol. The molecule has 0 saturated heterocycles. The van der Waals surface area contributed by atoms with Gasteiger partial charge in [0.15, 0.2) is 0 Å². The Balaban J connectivity index is 1.63. The molecule has 0 unspecified atom stereocenters. The molecular formula is C22H23N3O2. The highest BCUT2D eigenvalue weighted by Crippen LogP contribution is 2.26. The summed E-state index contributed by atoms with van der Waals surface area (Å²) in [7, 11) is 0. The molecule has 0 bridgehead atoms. The number of carbonyl (C=O) groups is 1. The van der Waals surface area contributed by atoms with Gasteiger partial charge >= 0.3 is 5.97 Å². The van der Waals surface area contributed by atoms with Crippen LogP contribution < -0.4 is 5.32 Å². The smallest absolute Gasteiger partial charge is 0.336 e. The summed E-state index contributed by atoms with van der Waals surface area (Å²) in [5.41, 5.74) is 2.53. The van der Waals surface area contributed by atoms with Gasteiger partial charge in [-0.3, -0.25) is 0 Å². The molecule has 3 aromatic rings. The van der Waals surface area contributed by atoms with Crippen LogP contribution in [-0.4, -0.2) is 27.1 Å². The fourth-order valence-electron chi connectivity index (χ4n) is 3.72. The standard InChI is InChI=1S/C22H23N3O2/c26-22(27)19(15-7-3-1-4-8-15)13-16-14-23-21-18(16)11-12-20(25-21)24-17-9-5-2-6-10-17/h1,3-4,7-8,11-14,17H,2,5-6,9-10H2,(H,26,27)(H2,23,24,25)/b19-13+. The number of rotatable bonds is 5. The molecule has 1 fully saturated rings. The summed E-state index contributed by atoms with van der Waals surface area (Å²) < 4.78 is 0. The van der Waals surface area contributed by atoms with Gasteiger partial charge in [-0.2, -0.15) is 0 Å². The lowest BCUT2D eigenvalue weighted by Crippen LogP contribution is -2.22. The zero-order valence-electron chi connectivity index (χ0n) is 15.1. The van der Waals surface area contributed by atoms with Crippen LogP contribution in [0.2, 0.25) is 0 Å². The van der Waals surface area contributed by atoms with Gasteiger partial charge in [-0.25, -0.2) is 9.78 Å². The van der Waals surface area contributed by atoms with E-state index in [2.05, 4.69) is 15.3 Å². The third kappa shape index (κ3) is 3.87. The van der Waals surface area contributed by atoms with Crippen LogP contribution in [0.25, 0.3) is 22.7 Å². The lowest BCUT2D eigenvalue weighted by molar-refractivity contribution is -0.130. The number of aliphatic carboxylic acids is 1. The summed E-state index contributed by atoms with van der Waals surface area (Å²) in [5.74, 6) is -0.0765. The second kappa shape index (κ2) is 7.66. The largest absolute Gasteiger partial charge is 0.478 e. The van der Waals surface area contributed by atoms with E-state index in [0.29, 0.717) is 11.6 Å². The van der Waals surface area contributed by atoms with Gasteiger partial charge in [-0.05, 0) is 36.6 Å². The van der Waals surface area contributed by atoms with Gasteiger partial charge in [-0.15, -0.1) is 0 Å². The number of hydrogen-bond donors (Lipinski definition) is 3. The number of nitrogens with zero attached hydrogens (tertiary/aromatic N) is 1. The lowest BCUT2D eigenvalue weighted by Gasteiger charge is -2.23. The Kier molecular flexibility index (Phi) is 4.92. The number of aromatic nitrogens is 2. The lowest BCUT2D eigenvalue weighted by atomic mass is 9.95. The van der Waals surface area contributed by atoms with E-state index in [-0.39, 0.29) is 5.57 Å². The van der Waals surface area contributed by atoms with E-state index in [1.165, 1.54) is 32.1 Å². The second-order valence-electron chi connectivity index (χ2n) is 7.05. The first-order chi connectivity index (χ1) is 13.2. The van der Waals surface area contributed by atoms with Crippen molar-refractivity contribution in [3.8, 4) is 0 Å². The van der Waals surface area contributed by atoms with Crippen LogP contribution in [0.4, 0.5) is 5.82 Å². The van der Waals surface area contributed by atoms with Crippen LogP contribution in [0.15, 0.2) is 48.7 Å². The van der Waals surface area contributed by atoms with Crippen molar-refractivity contribution in [2.24, 2.45) is 0 Å². The third-order valence-electron chi connectivity index (χ3n) is 5.14. The van der Waals surface area contributed by atoms with Crippen LogP contribution in [0.3, 0.4) is 0 Å². The number of nitrogens with one attached hydrogen (secondary N) is 2. The first-order valence-corrected chi connectivity index (χ1v) is 9.46. The van der Waals surface area contributed by atoms with Gasteiger partial charge in [0.05, 0.1) is 5.57 Å². The number of pyridine rings is 1. The van der Waals surface area contributed by atoms with Crippen molar-refractivity contribution in [3.63, 3.8) is 0 Å². The number of fused-ring (bicyclic) bond motifs is 1. The van der Waals surface area contributed by atoms with Crippen molar-refractivity contribution in [2.75, 3.05) is 5.32 Å². The molecule has 3 N–H and O–H groups in total. The van der Waals surface area contributed by atoms with Gasteiger partial charge in [0, 0.05) is 23.2 Å². The molecule has 0 atom stereocenters. The van der Waals surface area contributed by atoms with E-state index in [9.17, 15) is 9.90 Å². The summed E-state index contributed by atoms with van der Waals surface area (Å²) in [6.45, 7) is 0. The maximum Gasteiger partial charge on any atom is 0.336 e. The average Bonchev–Trinajstić information content (AvgIpc) is 3.09. The summed E-state index contributed by atoms with van der Waals surface area (Å²) in [5, 5.41) is 14.1. The van der Waals surface area contributed by atoms with E-state index in [1.54, 1.807) is 18.2 Å². The number of benzene rings is 1. The molecule has 4 rings (SSSR count). The van der Waals surface area contributed by atoms with Crippen molar-refractivity contribution in [1.29, 1.82) is 0 Å². The minimum atomic E-state index is -0.945. The minimum Gasteiger partial charge on any atom is -0.478 e. The topological polar surface area (TPSA) is 78.0 Å². The van der Waals surface area contributed by atoms with Gasteiger partial charge in [-0.1, -0.05) is 49.6 Å². The summed E-state index contributed by atoms with van der Waals surface area (Å²) >= 11 is 0. The second-order valence-corrected chi connectivity index (χ2v) is 7.05. The summed E-state index contributed by atoms with van der Waals surface area (Å²) in [6, 6.07) is 13.6. The maximum absolute atomic E-state index is 11.7. The van der Waals surface area contributed by atoms with E-state index < -0.39 is 5.97 Å². The monoisotopic (exact) mass is 361 g/mol. The normalized spacial score (nSPS) is 15.8. The predicted octanol–water partition coefficient (Wildman–Crippen LogP) is 4.93. The number of anilines is 1. The molecule has 0 spiro atoms. The number of hydrogen-bond acceptors (Lipinski definition) is 3. The van der Waals surface area contributed by atoms with E-state index in [4.69, 9.17) is 0 Å². The highest BCUT2D eigenvalue weighted by molar-refractivity contribution is 6.21. The van der Waals surface area contributed by atoms with Crippen molar-refractivity contribution >= 4 is 34.5 Å². The third-order valence-corrected chi connectivity index (χ3v) is 5.14. The zero-order valence-corrected chi connectivity index (χ0v) is 15.1. The molecule has 1 aliphatic rings. The molecule has 1 aliphatic carbocycles. The van der Waals surface area contributed by atoms with Crippen LogP contribution >= 0.6 is 0 Å². The van der Waals surface area contributed by atoms with Gasteiger partial charge in [0.25, 0.3) is 0 Å². The van der Waals surface area contributed by atoms with E-state index in [0.717, 1.165) is 22.4 Å². The Hall–Kier alpha value is -3.08. The van der Waals surface area contributed by atoms with Crippen molar-refractivity contribution in [3.05, 3.63) is 59.8 Å². The molecule has 138 valence electrons. The van der Waals surface area contributed by atoms with Crippen LogP contribution in [0.1, 0.15) is 43.2 Å². The molecule has 2 aromatic heterocycles. The SMILES string of the molecule is O=C(O)/C(=C/c1c[nH]c2nc(NC3CCCCC3)ccc12)c1ccccc1. The zero-order chi connectivity index (χ0) is 18.6. The molecule has 2 heterocycles. The molecule has 1 saturated carbocycles. The highest BCUT2D eigenvalue weighted by Gasteiger charge is 2.15. The predicted molar refractivity (Wildman–Crippen MR) is 109 cm³/mol. The first-order valence-electron chi connectivity index (χ1n) is 9.46. The Morgan fingerprint density at radius 2 is 1.89 bits per heavy atom. The molecule has 1 aromatic carbocycles. The van der Waals surface area contributed by atoms with Crippen LogP contribution in [0, 0.1) is 0 Å². The molecule has 0 amide bonds. The summed E-state index contributed by atoms with van der Waals surface area (Å²) in [6.07, 6.45) is 9.77. The maximum atomic E-state index is 11.7. The molecule has 0 radical (unpaired) electrons. The van der Waals surface area contributed by atoms with E-state index >= 15 is 0 Å². The Morgan fingerprint density at radius 3 is 2.63 bits per heavy atom.